The van der Waals surface area contributed by atoms with Gasteiger partial charge in [0.1, 0.15) is 5.69 Å². The number of fused-ring (bicyclic) bond motifs is 2. The number of hydrogen-bond donors (Lipinski definition) is 2. The molecule has 0 radical (unpaired) electrons. The summed E-state index contributed by atoms with van der Waals surface area (Å²) >= 11 is 6.04. The molecule has 0 aliphatic heterocycles. The minimum absolute atomic E-state index is 0.179. The van der Waals surface area contributed by atoms with Gasteiger partial charge in [-0.25, -0.2) is 4.79 Å². The third-order valence-corrected chi connectivity index (χ3v) is 5.64. The van der Waals surface area contributed by atoms with Crippen LogP contribution in [0.5, 0.6) is 0 Å². The molecule has 144 valence electrons. The van der Waals surface area contributed by atoms with Crippen LogP contribution in [0.15, 0.2) is 42.5 Å². The maximum absolute atomic E-state index is 13.0. The first-order valence-electron chi connectivity index (χ1n) is 9.09. The molecule has 4 rings (SSSR count). The van der Waals surface area contributed by atoms with E-state index < -0.39 is 0 Å². The Kier molecular flexibility index (Phi) is 4.42. The molecule has 0 saturated heterocycles. The Labute approximate surface area is 168 Å². The normalized spacial score (nSPS) is 17.4. The Morgan fingerprint density at radius 3 is 2.71 bits per heavy atom. The molecule has 3 aromatic rings. The molecule has 2 N–H and O–H groups in total. The zero-order chi connectivity index (χ0) is 20.1. The predicted octanol–water partition coefficient (Wildman–Crippen LogP) is 4.66. The zero-order valence-corrected chi connectivity index (χ0v) is 16.7. The number of carbonyl (C=O) groups is 2. The Bertz CT molecular complexity index is 1100. The number of methoxy groups -OCH3 is 1. The third kappa shape index (κ3) is 3.16. The fraction of sp³-hybridized carbons (Fsp3) is 0.273. The zero-order valence-electron chi connectivity index (χ0n) is 15.9. The predicted molar refractivity (Wildman–Crippen MR) is 109 cm³/mol. The summed E-state index contributed by atoms with van der Waals surface area (Å²) in [5.74, 6) is -0.577. The van der Waals surface area contributed by atoms with Crippen molar-refractivity contribution in [3.63, 3.8) is 0 Å². The van der Waals surface area contributed by atoms with Crippen LogP contribution in [0.25, 0.3) is 10.9 Å². The van der Waals surface area contributed by atoms with E-state index in [1.165, 1.54) is 7.11 Å². The van der Waals surface area contributed by atoms with Gasteiger partial charge in [-0.15, -0.1) is 0 Å². The molecule has 1 heterocycles. The number of nitrogens with one attached hydrogen (secondary N) is 2. The molecule has 1 unspecified atom stereocenters. The number of esters is 1. The first-order chi connectivity index (χ1) is 13.3. The monoisotopic (exact) mass is 396 g/mol. The highest BCUT2D eigenvalue weighted by molar-refractivity contribution is 6.31. The smallest absolute Gasteiger partial charge is 0.337 e. The second-order valence-corrected chi connectivity index (χ2v) is 8.33. The first kappa shape index (κ1) is 18.6. The van der Waals surface area contributed by atoms with Gasteiger partial charge in [0.2, 0.25) is 0 Å². The molecule has 1 aliphatic rings. The fourth-order valence-corrected chi connectivity index (χ4v) is 4.17. The van der Waals surface area contributed by atoms with Crippen LogP contribution in [0.2, 0.25) is 5.02 Å². The van der Waals surface area contributed by atoms with Gasteiger partial charge in [0, 0.05) is 15.9 Å². The number of rotatable bonds is 3. The Hall–Kier alpha value is -2.79. The maximum atomic E-state index is 13.0. The van der Waals surface area contributed by atoms with E-state index in [0.29, 0.717) is 16.3 Å². The van der Waals surface area contributed by atoms with Crippen LogP contribution in [0.4, 0.5) is 0 Å². The topological polar surface area (TPSA) is 71.2 Å². The molecule has 0 bridgehead atoms. The Balaban J connectivity index is 1.66. The van der Waals surface area contributed by atoms with Gasteiger partial charge in [0.05, 0.1) is 18.7 Å². The number of aromatic amines is 1. The molecule has 6 heteroatoms. The van der Waals surface area contributed by atoms with Crippen LogP contribution in [-0.2, 0) is 11.2 Å². The van der Waals surface area contributed by atoms with Gasteiger partial charge >= 0.3 is 5.97 Å². The number of halogens is 1. The number of benzene rings is 2. The molecular formula is C22H21ClN2O3. The first-order valence-corrected chi connectivity index (χ1v) is 9.46. The second kappa shape index (κ2) is 6.67. The van der Waals surface area contributed by atoms with Crippen molar-refractivity contribution in [3.8, 4) is 0 Å². The van der Waals surface area contributed by atoms with Crippen LogP contribution >= 0.6 is 11.6 Å². The largest absolute Gasteiger partial charge is 0.465 e. The summed E-state index contributed by atoms with van der Waals surface area (Å²) in [4.78, 5) is 28.0. The van der Waals surface area contributed by atoms with E-state index >= 15 is 0 Å². The van der Waals surface area contributed by atoms with Crippen molar-refractivity contribution >= 4 is 34.4 Å². The van der Waals surface area contributed by atoms with Crippen molar-refractivity contribution in [2.45, 2.75) is 26.3 Å². The number of carbonyl (C=O) groups excluding carboxylic acids is 2. The molecular weight excluding hydrogens is 376 g/mol. The molecule has 0 spiro atoms. The second-order valence-electron chi connectivity index (χ2n) is 7.89. The summed E-state index contributed by atoms with van der Waals surface area (Å²) in [6.45, 7) is 4.22. The lowest BCUT2D eigenvalue weighted by molar-refractivity contribution is 0.0600. The lowest BCUT2D eigenvalue weighted by Crippen LogP contribution is -2.35. The molecule has 0 fully saturated rings. The molecule has 1 aliphatic carbocycles. The van der Waals surface area contributed by atoms with Crippen molar-refractivity contribution in [3.05, 3.63) is 69.9 Å². The van der Waals surface area contributed by atoms with Crippen LogP contribution in [0.3, 0.4) is 0 Å². The number of amides is 1. The van der Waals surface area contributed by atoms with Crippen molar-refractivity contribution in [1.29, 1.82) is 0 Å². The summed E-state index contributed by atoms with van der Waals surface area (Å²) in [6, 6.07) is 12.6. The van der Waals surface area contributed by atoms with E-state index in [0.717, 1.165) is 28.5 Å². The van der Waals surface area contributed by atoms with Crippen molar-refractivity contribution in [2.24, 2.45) is 5.41 Å². The molecule has 1 atom stereocenters. The molecule has 0 saturated carbocycles. The maximum Gasteiger partial charge on any atom is 0.337 e. The van der Waals surface area contributed by atoms with Gasteiger partial charge in [0.25, 0.3) is 5.91 Å². The van der Waals surface area contributed by atoms with Gasteiger partial charge in [0.15, 0.2) is 0 Å². The Morgan fingerprint density at radius 2 is 1.96 bits per heavy atom. The highest BCUT2D eigenvalue weighted by Gasteiger charge is 2.40. The SMILES string of the molecule is COC(=O)c1ccc2c(c1)C(NC(=O)c1cc3cc(Cl)ccc3[nH]1)C(C)(C)C2. The average Bonchev–Trinajstić information content (AvgIpc) is 3.18. The summed E-state index contributed by atoms with van der Waals surface area (Å²) in [5, 5.41) is 4.66. The lowest BCUT2D eigenvalue weighted by Gasteiger charge is -2.28. The fourth-order valence-electron chi connectivity index (χ4n) is 3.99. The number of aromatic nitrogens is 1. The quantitative estimate of drug-likeness (QED) is 0.632. The van der Waals surface area contributed by atoms with Crippen molar-refractivity contribution in [1.82, 2.24) is 10.3 Å². The third-order valence-electron chi connectivity index (χ3n) is 5.41. The number of H-pyrrole nitrogens is 1. The van der Waals surface area contributed by atoms with Crippen LogP contribution in [-0.4, -0.2) is 24.0 Å². The molecule has 1 aromatic heterocycles. The van der Waals surface area contributed by atoms with Crippen LogP contribution in [0.1, 0.15) is 51.9 Å². The van der Waals surface area contributed by atoms with Gasteiger partial charge < -0.3 is 15.0 Å². The van der Waals surface area contributed by atoms with E-state index in [1.807, 2.05) is 24.3 Å². The van der Waals surface area contributed by atoms with Crippen LogP contribution in [0, 0.1) is 5.41 Å². The molecule has 5 nitrogen and oxygen atoms in total. The molecule has 28 heavy (non-hydrogen) atoms. The van der Waals surface area contributed by atoms with Crippen LogP contribution < -0.4 is 5.32 Å². The highest BCUT2D eigenvalue weighted by Crippen LogP contribution is 2.45. The van der Waals surface area contributed by atoms with Gasteiger partial charge in [-0.2, -0.15) is 0 Å². The van der Waals surface area contributed by atoms with Crippen molar-refractivity contribution < 1.29 is 14.3 Å². The van der Waals surface area contributed by atoms with E-state index in [1.54, 1.807) is 18.2 Å². The number of ether oxygens (including phenoxy) is 1. The Morgan fingerprint density at radius 1 is 1.18 bits per heavy atom. The minimum atomic E-state index is -0.384. The number of hydrogen-bond acceptors (Lipinski definition) is 3. The van der Waals surface area contributed by atoms with Crippen molar-refractivity contribution in [2.75, 3.05) is 7.11 Å². The van der Waals surface area contributed by atoms with E-state index in [-0.39, 0.29) is 23.3 Å². The summed E-state index contributed by atoms with van der Waals surface area (Å²) in [7, 11) is 1.36. The van der Waals surface area contributed by atoms with Gasteiger partial charge in [-0.1, -0.05) is 31.5 Å². The molecule has 1 amide bonds. The summed E-state index contributed by atoms with van der Waals surface area (Å²) in [6.07, 6.45) is 0.817. The van der Waals surface area contributed by atoms with E-state index in [2.05, 4.69) is 24.1 Å². The minimum Gasteiger partial charge on any atom is -0.465 e. The standard InChI is InChI=1S/C22H21ClN2O3/c1-22(2)11-13-5-4-12(21(27)28-3)9-16(13)19(22)25-20(26)18-10-14-8-15(23)6-7-17(14)24-18/h4-10,19,24H,11H2,1-3H3,(H,25,26). The van der Waals surface area contributed by atoms with Gasteiger partial charge in [-0.3, -0.25) is 4.79 Å². The average molecular weight is 397 g/mol. The highest BCUT2D eigenvalue weighted by atomic mass is 35.5. The van der Waals surface area contributed by atoms with E-state index in [4.69, 9.17) is 16.3 Å². The van der Waals surface area contributed by atoms with Gasteiger partial charge in [-0.05, 0) is 59.4 Å². The molecule has 2 aromatic carbocycles. The lowest BCUT2D eigenvalue weighted by atomic mass is 9.85. The summed E-state index contributed by atoms with van der Waals surface area (Å²) < 4.78 is 4.83. The van der Waals surface area contributed by atoms with E-state index in [9.17, 15) is 9.59 Å². The summed E-state index contributed by atoms with van der Waals surface area (Å²) in [5.41, 5.74) is 3.73.